The molecule has 0 bridgehead atoms. The monoisotopic (exact) mass is 463 g/mol. The molecule has 10 heteroatoms. The summed E-state index contributed by atoms with van der Waals surface area (Å²) in [4.78, 5) is 28.5. The number of fused-ring (bicyclic) bond motifs is 2. The maximum atomic E-state index is 13.9. The maximum Gasteiger partial charge on any atom is 0.412 e. The molecule has 1 aromatic carbocycles. The molecule has 4 aromatic rings. The van der Waals surface area contributed by atoms with Gasteiger partial charge in [0.2, 0.25) is 0 Å². The van der Waals surface area contributed by atoms with Crippen LogP contribution < -0.4 is 10.2 Å². The number of aromatic nitrogens is 5. The third-order valence-corrected chi connectivity index (χ3v) is 5.49. The number of rotatable bonds is 3. The molecule has 0 aliphatic carbocycles. The predicted octanol–water partition coefficient (Wildman–Crippen LogP) is 4.54. The lowest BCUT2D eigenvalue weighted by Gasteiger charge is -2.21. The number of hydrogen-bond acceptors (Lipinski definition) is 7. The van der Waals surface area contributed by atoms with E-state index in [1.54, 1.807) is 37.5 Å². The lowest BCUT2D eigenvalue weighted by atomic mass is 10.2. The highest BCUT2D eigenvalue weighted by molar-refractivity contribution is 5.91. The number of nitrogens with zero attached hydrogens (tertiary/aromatic N) is 6. The molecule has 1 amide bonds. The van der Waals surface area contributed by atoms with Crippen LogP contribution in [-0.4, -0.2) is 55.5 Å². The Morgan fingerprint density at radius 3 is 2.59 bits per heavy atom. The number of carbonyl (C=O) groups is 1. The zero-order valence-electron chi connectivity index (χ0n) is 19.5. The van der Waals surface area contributed by atoms with E-state index in [4.69, 9.17) is 14.7 Å². The smallest absolute Gasteiger partial charge is 0.412 e. The summed E-state index contributed by atoms with van der Waals surface area (Å²) in [5.74, 6) is 0.545. The predicted molar refractivity (Wildman–Crippen MR) is 128 cm³/mol. The molecule has 0 radical (unpaired) electrons. The maximum absolute atomic E-state index is 13.9. The summed E-state index contributed by atoms with van der Waals surface area (Å²) in [7, 11) is 0. The molecule has 1 fully saturated rings. The van der Waals surface area contributed by atoms with Gasteiger partial charge in [-0.1, -0.05) is 12.1 Å². The zero-order chi connectivity index (χ0) is 24.0. The van der Waals surface area contributed by atoms with Gasteiger partial charge < -0.3 is 9.64 Å². The topological polar surface area (TPSA) is 97.5 Å². The Hall–Kier alpha value is -3.82. The van der Waals surface area contributed by atoms with Crippen LogP contribution in [0.1, 0.15) is 32.9 Å². The molecule has 5 rings (SSSR count). The van der Waals surface area contributed by atoms with E-state index >= 15 is 0 Å². The number of nitrogens with one attached hydrogen (secondary N) is 1. The fourth-order valence-electron chi connectivity index (χ4n) is 3.99. The fraction of sp³-hybridized carbons (Fsp3) is 0.375. The molecule has 1 atom stereocenters. The zero-order valence-corrected chi connectivity index (χ0v) is 19.5. The van der Waals surface area contributed by atoms with Crippen molar-refractivity contribution in [3.05, 3.63) is 42.2 Å². The third-order valence-electron chi connectivity index (χ3n) is 5.49. The van der Waals surface area contributed by atoms with Crippen LogP contribution in [0.25, 0.3) is 28.1 Å². The molecule has 1 aliphatic heterocycles. The van der Waals surface area contributed by atoms with Gasteiger partial charge in [0, 0.05) is 12.6 Å². The van der Waals surface area contributed by atoms with Crippen molar-refractivity contribution in [1.82, 2.24) is 24.6 Å². The Labute approximate surface area is 196 Å². The number of halogens is 1. The number of imidazole rings is 1. The Kier molecular flexibility index (Phi) is 5.30. The first-order valence-corrected chi connectivity index (χ1v) is 11.2. The molecule has 0 spiro atoms. The average molecular weight is 464 g/mol. The largest absolute Gasteiger partial charge is 0.444 e. The highest BCUT2D eigenvalue weighted by Crippen LogP contribution is 2.29. The fourth-order valence-corrected chi connectivity index (χ4v) is 3.99. The van der Waals surface area contributed by atoms with Crippen molar-refractivity contribution in [2.24, 2.45) is 0 Å². The van der Waals surface area contributed by atoms with Gasteiger partial charge in [0.05, 0.1) is 35.2 Å². The van der Waals surface area contributed by atoms with Crippen LogP contribution in [0, 0.1) is 6.92 Å². The first-order valence-electron chi connectivity index (χ1n) is 11.2. The van der Waals surface area contributed by atoms with Gasteiger partial charge in [0.15, 0.2) is 11.5 Å². The first-order chi connectivity index (χ1) is 16.2. The van der Waals surface area contributed by atoms with Gasteiger partial charge in [0.1, 0.15) is 23.2 Å². The number of hydrogen-bond donors (Lipinski definition) is 1. The lowest BCUT2D eigenvalue weighted by Crippen LogP contribution is -2.28. The van der Waals surface area contributed by atoms with Gasteiger partial charge in [-0.25, -0.2) is 28.7 Å². The number of ether oxygens (including phenoxy) is 1. The molecule has 34 heavy (non-hydrogen) atoms. The Morgan fingerprint density at radius 2 is 1.91 bits per heavy atom. The van der Waals surface area contributed by atoms with Crippen LogP contribution >= 0.6 is 0 Å². The first kappa shape index (κ1) is 22.0. The molecule has 1 aliphatic rings. The number of para-hydroxylation sites is 2. The summed E-state index contributed by atoms with van der Waals surface area (Å²) < 4.78 is 20.9. The third kappa shape index (κ3) is 4.35. The number of anilines is 2. The normalized spacial score (nSPS) is 16.4. The minimum atomic E-state index is -0.909. The van der Waals surface area contributed by atoms with Crippen LogP contribution in [0.5, 0.6) is 0 Å². The van der Waals surface area contributed by atoms with Gasteiger partial charge in [0.25, 0.3) is 0 Å². The second-order valence-electron chi connectivity index (χ2n) is 9.42. The van der Waals surface area contributed by atoms with Crippen LogP contribution in [0.3, 0.4) is 0 Å². The minimum absolute atomic E-state index is 0.251. The lowest BCUT2D eigenvalue weighted by molar-refractivity contribution is 0.0636. The van der Waals surface area contributed by atoms with Crippen LogP contribution in [0.2, 0.25) is 0 Å². The SMILES string of the molecule is Cc1nc2ccccc2nc1-c1cn2nc(N3CC[C@@H](F)C3)cc(NC(=O)OC(C)(C)C)c2n1. The van der Waals surface area contributed by atoms with Crippen LogP contribution in [0.4, 0.5) is 20.7 Å². The van der Waals surface area contributed by atoms with Crippen LogP contribution in [0.15, 0.2) is 36.5 Å². The Bertz CT molecular complexity index is 1400. The van der Waals surface area contributed by atoms with E-state index in [1.165, 1.54) is 0 Å². The molecular formula is C24H26FN7O2. The summed E-state index contributed by atoms with van der Waals surface area (Å²) >= 11 is 0. The van der Waals surface area contributed by atoms with E-state index in [1.807, 2.05) is 36.1 Å². The van der Waals surface area contributed by atoms with Crippen molar-refractivity contribution in [2.75, 3.05) is 23.3 Å². The Balaban J connectivity index is 1.61. The van der Waals surface area contributed by atoms with Crippen molar-refractivity contribution < 1.29 is 13.9 Å². The van der Waals surface area contributed by atoms with E-state index in [0.29, 0.717) is 41.5 Å². The van der Waals surface area contributed by atoms with Crippen molar-refractivity contribution in [1.29, 1.82) is 0 Å². The molecule has 1 saturated heterocycles. The number of carbonyl (C=O) groups excluding carboxylic acids is 1. The molecule has 0 saturated carbocycles. The average Bonchev–Trinajstić information content (AvgIpc) is 3.38. The van der Waals surface area contributed by atoms with E-state index < -0.39 is 17.9 Å². The summed E-state index contributed by atoms with van der Waals surface area (Å²) in [6.45, 7) is 8.05. The quantitative estimate of drug-likeness (QED) is 0.476. The standard InChI is InChI=1S/C24H26FN7O2/c1-14-21(27-17-8-6-5-7-16(17)26-14)19-13-32-22(28-19)18(29-23(33)34-24(2,3)4)11-20(30-32)31-10-9-15(25)12-31/h5-8,11,13,15H,9-10,12H2,1-4H3,(H,29,33)/t15-/m1/s1. The van der Waals surface area contributed by atoms with E-state index in [2.05, 4.69) is 15.4 Å². The minimum Gasteiger partial charge on any atom is -0.444 e. The molecule has 3 aromatic heterocycles. The van der Waals surface area contributed by atoms with Crippen molar-refractivity contribution in [3.63, 3.8) is 0 Å². The van der Waals surface area contributed by atoms with E-state index in [-0.39, 0.29) is 6.54 Å². The van der Waals surface area contributed by atoms with Gasteiger partial charge in [-0.05, 0) is 46.2 Å². The second kappa shape index (κ2) is 8.19. The van der Waals surface area contributed by atoms with E-state index in [0.717, 1.165) is 16.7 Å². The number of alkyl halides is 1. The second-order valence-corrected chi connectivity index (χ2v) is 9.42. The number of amides is 1. The highest BCUT2D eigenvalue weighted by Gasteiger charge is 2.26. The van der Waals surface area contributed by atoms with Crippen molar-refractivity contribution in [2.45, 2.75) is 45.9 Å². The molecular weight excluding hydrogens is 437 g/mol. The number of aryl methyl sites for hydroxylation is 1. The van der Waals surface area contributed by atoms with E-state index in [9.17, 15) is 9.18 Å². The molecule has 9 nitrogen and oxygen atoms in total. The van der Waals surface area contributed by atoms with Gasteiger partial charge in [-0.2, -0.15) is 0 Å². The summed E-state index contributed by atoms with van der Waals surface area (Å²) in [6.07, 6.45) is 0.667. The van der Waals surface area contributed by atoms with Crippen molar-refractivity contribution >= 4 is 34.3 Å². The summed E-state index contributed by atoms with van der Waals surface area (Å²) in [5.41, 5.74) is 3.65. The highest BCUT2D eigenvalue weighted by atomic mass is 19.1. The molecule has 1 N–H and O–H groups in total. The molecule has 0 unspecified atom stereocenters. The van der Waals surface area contributed by atoms with Gasteiger partial charge >= 0.3 is 6.09 Å². The van der Waals surface area contributed by atoms with Crippen molar-refractivity contribution in [3.8, 4) is 11.4 Å². The van der Waals surface area contributed by atoms with Crippen LogP contribution in [-0.2, 0) is 4.74 Å². The number of benzene rings is 1. The Morgan fingerprint density at radius 1 is 1.18 bits per heavy atom. The van der Waals surface area contributed by atoms with Gasteiger partial charge in [-0.15, -0.1) is 5.10 Å². The summed E-state index contributed by atoms with van der Waals surface area (Å²) in [5, 5.41) is 7.43. The molecule has 176 valence electrons. The summed E-state index contributed by atoms with van der Waals surface area (Å²) in [6, 6.07) is 9.33. The molecule has 4 heterocycles. The van der Waals surface area contributed by atoms with Gasteiger partial charge in [-0.3, -0.25) is 5.32 Å².